The number of morpholine rings is 1. The molecule has 2 saturated heterocycles. The predicted molar refractivity (Wildman–Crippen MR) is 105 cm³/mol. The molecular formula is C19H24N4O4S. The van der Waals surface area contributed by atoms with Crippen molar-refractivity contribution in [3.05, 3.63) is 48.3 Å². The van der Waals surface area contributed by atoms with Gasteiger partial charge in [0.2, 0.25) is 10.0 Å². The number of ether oxygens (including phenoxy) is 1. The van der Waals surface area contributed by atoms with Crippen molar-refractivity contribution < 1.29 is 17.9 Å². The summed E-state index contributed by atoms with van der Waals surface area (Å²) in [7, 11) is -3.61. The second kappa shape index (κ2) is 7.94. The maximum atomic E-state index is 12.8. The lowest BCUT2D eigenvalue weighted by molar-refractivity contribution is 0.0730. The molecule has 0 aliphatic carbocycles. The van der Waals surface area contributed by atoms with E-state index in [9.17, 15) is 13.2 Å². The first kappa shape index (κ1) is 19.0. The lowest BCUT2D eigenvalue weighted by Crippen LogP contribution is -2.40. The van der Waals surface area contributed by atoms with Crippen molar-refractivity contribution in [3.63, 3.8) is 0 Å². The van der Waals surface area contributed by atoms with Crippen LogP contribution in [0.5, 0.6) is 0 Å². The molecule has 0 radical (unpaired) electrons. The first-order valence-corrected chi connectivity index (χ1v) is 10.9. The van der Waals surface area contributed by atoms with Crippen LogP contribution in [0, 0.1) is 0 Å². The zero-order valence-corrected chi connectivity index (χ0v) is 16.3. The van der Waals surface area contributed by atoms with E-state index >= 15 is 0 Å². The summed E-state index contributed by atoms with van der Waals surface area (Å²) in [5.41, 5.74) is 1.33. The largest absolute Gasteiger partial charge is 0.380 e. The maximum absolute atomic E-state index is 12.8. The molecule has 0 saturated carbocycles. The number of para-hydroxylation sites is 1. The molecule has 1 unspecified atom stereocenters. The third-order valence-corrected chi connectivity index (χ3v) is 6.99. The third-order valence-electron chi connectivity index (χ3n) is 5.11. The second-order valence-corrected chi connectivity index (χ2v) is 8.95. The van der Waals surface area contributed by atoms with Crippen LogP contribution in [-0.4, -0.2) is 73.9 Å². The minimum Gasteiger partial charge on any atom is -0.380 e. The SMILES string of the molecule is O=C(c1cc(S(=O)(=O)N2CCOCC2)c[nH]1)N1CCC(Nc2ccccc2)C1. The Morgan fingerprint density at radius 3 is 2.64 bits per heavy atom. The first-order valence-electron chi connectivity index (χ1n) is 9.41. The summed E-state index contributed by atoms with van der Waals surface area (Å²) in [6.07, 6.45) is 2.24. The molecule has 8 nitrogen and oxygen atoms in total. The Hall–Kier alpha value is -2.36. The number of rotatable bonds is 5. The molecule has 2 aliphatic heterocycles. The topological polar surface area (TPSA) is 94.7 Å². The molecule has 2 fully saturated rings. The van der Waals surface area contributed by atoms with Crippen molar-refractivity contribution in [2.45, 2.75) is 17.4 Å². The molecule has 0 bridgehead atoms. The fourth-order valence-electron chi connectivity index (χ4n) is 3.59. The number of carbonyl (C=O) groups is 1. The molecule has 0 spiro atoms. The summed E-state index contributed by atoms with van der Waals surface area (Å²) in [5.74, 6) is -0.180. The second-order valence-electron chi connectivity index (χ2n) is 7.01. The van der Waals surface area contributed by atoms with Gasteiger partial charge in [0, 0.05) is 44.1 Å². The molecule has 3 heterocycles. The number of likely N-dealkylation sites (tertiary alicyclic amines) is 1. The highest BCUT2D eigenvalue weighted by Gasteiger charge is 2.31. The fraction of sp³-hybridized carbons (Fsp3) is 0.421. The van der Waals surface area contributed by atoms with Crippen LogP contribution >= 0.6 is 0 Å². The fourth-order valence-corrected chi connectivity index (χ4v) is 4.99. The molecule has 4 rings (SSSR count). The highest BCUT2D eigenvalue weighted by atomic mass is 32.2. The standard InChI is InChI=1S/C19H24N4O4S/c24-19(22-7-6-16(14-22)21-15-4-2-1-3-5-15)18-12-17(13-20-18)28(25,26)23-8-10-27-11-9-23/h1-5,12-13,16,20-21H,6-11,14H2. The predicted octanol–water partition coefficient (Wildman–Crippen LogP) is 1.36. The van der Waals surface area contributed by atoms with Gasteiger partial charge in [-0.05, 0) is 24.6 Å². The maximum Gasteiger partial charge on any atom is 0.270 e. The number of aromatic nitrogens is 1. The molecule has 2 aromatic rings. The molecule has 150 valence electrons. The van der Waals surface area contributed by atoms with Crippen molar-refractivity contribution >= 4 is 21.6 Å². The quantitative estimate of drug-likeness (QED) is 0.785. The molecule has 1 aromatic heterocycles. The molecule has 1 atom stereocenters. The first-order chi connectivity index (χ1) is 13.5. The minimum atomic E-state index is -3.61. The number of anilines is 1. The van der Waals surface area contributed by atoms with Crippen LogP contribution in [0.4, 0.5) is 5.69 Å². The number of aromatic amines is 1. The normalized spacial score (nSPS) is 21.0. The van der Waals surface area contributed by atoms with E-state index in [-0.39, 0.29) is 16.8 Å². The van der Waals surface area contributed by atoms with Crippen molar-refractivity contribution in [2.24, 2.45) is 0 Å². The lowest BCUT2D eigenvalue weighted by atomic mass is 10.2. The van der Waals surface area contributed by atoms with Gasteiger partial charge >= 0.3 is 0 Å². The van der Waals surface area contributed by atoms with Crippen molar-refractivity contribution in [1.82, 2.24) is 14.2 Å². The number of H-pyrrole nitrogens is 1. The Labute approximate surface area is 164 Å². The molecule has 28 heavy (non-hydrogen) atoms. The van der Waals surface area contributed by atoms with E-state index < -0.39 is 10.0 Å². The number of hydrogen-bond donors (Lipinski definition) is 2. The Balaban J connectivity index is 1.40. The van der Waals surface area contributed by atoms with Crippen LogP contribution in [0.3, 0.4) is 0 Å². The van der Waals surface area contributed by atoms with Gasteiger partial charge in [-0.2, -0.15) is 4.31 Å². The van der Waals surface area contributed by atoms with Gasteiger partial charge in [-0.15, -0.1) is 0 Å². The van der Waals surface area contributed by atoms with Crippen LogP contribution in [0.25, 0.3) is 0 Å². The number of amides is 1. The van der Waals surface area contributed by atoms with Gasteiger partial charge in [0.15, 0.2) is 0 Å². The van der Waals surface area contributed by atoms with E-state index in [1.54, 1.807) is 4.90 Å². The van der Waals surface area contributed by atoms with E-state index in [1.165, 1.54) is 16.6 Å². The van der Waals surface area contributed by atoms with Crippen LogP contribution in [-0.2, 0) is 14.8 Å². The summed E-state index contributed by atoms with van der Waals surface area (Å²) in [6.45, 7) is 2.65. The number of hydrogen-bond acceptors (Lipinski definition) is 5. The average molecular weight is 404 g/mol. The van der Waals surface area contributed by atoms with Gasteiger partial charge in [-0.3, -0.25) is 4.79 Å². The zero-order chi connectivity index (χ0) is 19.6. The molecular weight excluding hydrogens is 380 g/mol. The van der Waals surface area contributed by atoms with Crippen LogP contribution in [0.2, 0.25) is 0 Å². The van der Waals surface area contributed by atoms with Crippen molar-refractivity contribution in [2.75, 3.05) is 44.7 Å². The summed E-state index contributed by atoms with van der Waals surface area (Å²) in [6, 6.07) is 11.5. The minimum absolute atomic E-state index is 0.121. The Kier molecular flexibility index (Phi) is 5.38. The van der Waals surface area contributed by atoms with E-state index in [0.717, 1.165) is 12.1 Å². The van der Waals surface area contributed by atoms with Crippen molar-refractivity contribution in [3.8, 4) is 0 Å². The van der Waals surface area contributed by atoms with Crippen molar-refractivity contribution in [1.29, 1.82) is 0 Å². The van der Waals surface area contributed by atoms with Gasteiger partial charge < -0.3 is 19.9 Å². The smallest absolute Gasteiger partial charge is 0.270 e. The summed E-state index contributed by atoms with van der Waals surface area (Å²) < 4.78 is 32.0. The Bertz CT molecular complexity index is 922. The average Bonchev–Trinajstić information content (AvgIpc) is 3.39. The Morgan fingerprint density at radius 1 is 1.14 bits per heavy atom. The molecule has 1 aromatic carbocycles. The summed E-state index contributed by atoms with van der Waals surface area (Å²) >= 11 is 0. The van der Waals surface area contributed by atoms with E-state index in [1.807, 2.05) is 30.3 Å². The van der Waals surface area contributed by atoms with Gasteiger partial charge in [0.1, 0.15) is 10.6 Å². The van der Waals surface area contributed by atoms with E-state index in [0.29, 0.717) is 45.1 Å². The highest BCUT2D eigenvalue weighted by molar-refractivity contribution is 7.89. The number of benzene rings is 1. The van der Waals surface area contributed by atoms with Gasteiger partial charge in [-0.25, -0.2) is 8.42 Å². The molecule has 2 aliphatic rings. The number of carbonyl (C=O) groups excluding carboxylic acids is 1. The monoisotopic (exact) mass is 404 g/mol. The van der Waals surface area contributed by atoms with Crippen LogP contribution < -0.4 is 5.32 Å². The van der Waals surface area contributed by atoms with E-state index in [2.05, 4.69) is 10.3 Å². The lowest BCUT2D eigenvalue weighted by Gasteiger charge is -2.25. The number of sulfonamides is 1. The van der Waals surface area contributed by atoms with E-state index in [4.69, 9.17) is 4.74 Å². The Morgan fingerprint density at radius 2 is 1.89 bits per heavy atom. The molecule has 1 amide bonds. The molecule has 2 N–H and O–H groups in total. The molecule has 9 heteroatoms. The summed E-state index contributed by atoms with van der Waals surface area (Å²) in [5, 5.41) is 3.43. The van der Waals surface area contributed by atoms with Gasteiger partial charge in [0.25, 0.3) is 5.91 Å². The number of nitrogens with one attached hydrogen (secondary N) is 2. The zero-order valence-electron chi connectivity index (χ0n) is 15.5. The highest BCUT2D eigenvalue weighted by Crippen LogP contribution is 2.21. The van der Waals surface area contributed by atoms with Crippen LogP contribution in [0.15, 0.2) is 47.5 Å². The van der Waals surface area contributed by atoms with Gasteiger partial charge in [0.05, 0.1) is 13.2 Å². The van der Waals surface area contributed by atoms with Gasteiger partial charge in [-0.1, -0.05) is 18.2 Å². The van der Waals surface area contributed by atoms with Crippen LogP contribution in [0.1, 0.15) is 16.9 Å². The third kappa shape index (κ3) is 3.91. The summed E-state index contributed by atoms with van der Waals surface area (Å²) in [4.78, 5) is 17.5. The number of nitrogens with zero attached hydrogens (tertiary/aromatic N) is 2.